The monoisotopic (exact) mass is 541 g/mol. The standard InChI is InChI=1S/C28H27N7O5/c36-23-15-40-22-5-4-18(11-21(22)34-23)13-31-28(38)26-25-24(32-16-33-26)20(14-29-25)27(37)30-12-17-2-1-3-19(10-17)35-6-8-39-9-7-35/h1-5,10-11,14,16,29H,6-9,12-13,15H2,(H,30,37)(H,31,38)(H,34,36). The van der Waals surface area contributed by atoms with Crippen molar-refractivity contribution in [2.24, 2.45) is 0 Å². The summed E-state index contributed by atoms with van der Waals surface area (Å²) in [5, 5.41) is 8.52. The molecule has 40 heavy (non-hydrogen) atoms. The number of nitrogens with zero attached hydrogens (tertiary/aromatic N) is 3. The lowest BCUT2D eigenvalue weighted by molar-refractivity contribution is -0.118. The molecule has 0 unspecified atom stereocenters. The molecule has 0 atom stereocenters. The van der Waals surface area contributed by atoms with E-state index < -0.39 is 5.91 Å². The summed E-state index contributed by atoms with van der Waals surface area (Å²) in [5.41, 5.74) is 4.56. The van der Waals surface area contributed by atoms with Gasteiger partial charge in [0.1, 0.15) is 17.6 Å². The summed E-state index contributed by atoms with van der Waals surface area (Å²) in [6.07, 6.45) is 2.79. The van der Waals surface area contributed by atoms with Gasteiger partial charge in [-0.1, -0.05) is 18.2 Å². The maximum absolute atomic E-state index is 13.1. The van der Waals surface area contributed by atoms with Gasteiger partial charge in [0.15, 0.2) is 12.3 Å². The molecule has 1 saturated heterocycles. The summed E-state index contributed by atoms with van der Waals surface area (Å²) in [7, 11) is 0. The van der Waals surface area contributed by atoms with Gasteiger partial charge in [0.25, 0.3) is 17.7 Å². The number of fused-ring (bicyclic) bond motifs is 2. The Morgan fingerprint density at radius 3 is 2.62 bits per heavy atom. The first kappa shape index (κ1) is 25.3. The normalized spacial score (nSPS) is 14.7. The number of aromatic nitrogens is 3. The number of H-pyrrole nitrogens is 1. The third-order valence-corrected chi connectivity index (χ3v) is 6.79. The molecule has 0 spiro atoms. The Balaban J connectivity index is 1.11. The van der Waals surface area contributed by atoms with Crippen molar-refractivity contribution in [2.75, 3.05) is 43.1 Å². The molecule has 2 aliphatic rings. The van der Waals surface area contributed by atoms with Gasteiger partial charge < -0.3 is 35.3 Å². The Labute approximate surface area is 229 Å². The van der Waals surface area contributed by atoms with Crippen molar-refractivity contribution in [3.8, 4) is 5.75 Å². The highest BCUT2D eigenvalue weighted by Crippen LogP contribution is 2.28. The topological polar surface area (TPSA) is 151 Å². The van der Waals surface area contributed by atoms with Crippen molar-refractivity contribution in [1.82, 2.24) is 25.6 Å². The predicted octanol–water partition coefficient (Wildman–Crippen LogP) is 1.99. The average Bonchev–Trinajstić information content (AvgIpc) is 3.43. The van der Waals surface area contributed by atoms with Gasteiger partial charge in [-0.15, -0.1) is 0 Å². The summed E-state index contributed by atoms with van der Waals surface area (Å²) in [4.78, 5) is 51.3. The van der Waals surface area contributed by atoms with E-state index in [9.17, 15) is 14.4 Å². The summed E-state index contributed by atoms with van der Waals surface area (Å²) >= 11 is 0. The smallest absolute Gasteiger partial charge is 0.272 e. The van der Waals surface area contributed by atoms with E-state index in [-0.39, 0.29) is 30.7 Å². The Morgan fingerprint density at radius 1 is 0.975 bits per heavy atom. The van der Waals surface area contributed by atoms with Gasteiger partial charge in [-0.3, -0.25) is 14.4 Å². The van der Waals surface area contributed by atoms with E-state index in [0.29, 0.717) is 47.8 Å². The Morgan fingerprint density at radius 2 is 1.77 bits per heavy atom. The third-order valence-electron chi connectivity index (χ3n) is 6.79. The minimum absolute atomic E-state index is 0.0228. The fourth-order valence-corrected chi connectivity index (χ4v) is 4.75. The number of amides is 3. The second-order valence-electron chi connectivity index (χ2n) is 9.45. The van der Waals surface area contributed by atoms with E-state index in [2.05, 4.69) is 47.9 Å². The zero-order valence-corrected chi connectivity index (χ0v) is 21.5. The summed E-state index contributed by atoms with van der Waals surface area (Å²) in [5.74, 6) is -0.398. The molecular weight excluding hydrogens is 514 g/mol. The van der Waals surface area contributed by atoms with Crippen molar-refractivity contribution in [3.05, 3.63) is 77.4 Å². The minimum atomic E-state index is -0.431. The van der Waals surface area contributed by atoms with E-state index in [0.717, 1.165) is 29.9 Å². The number of ether oxygens (including phenoxy) is 2. The van der Waals surface area contributed by atoms with Gasteiger partial charge in [0.2, 0.25) is 0 Å². The SMILES string of the molecule is O=C1COc2ccc(CNC(=O)c3ncnc4c(C(=O)NCc5cccc(N6CCOCC6)c5)c[nH]c34)cc2N1. The summed E-state index contributed by atoms with van der Waals surface area (Å²) in [6.45, 7) is 3.59. The lowest BCUT2D eigenvalue weighted by Gasteiger charge is -2.29. The van der Waals surface area contributed by atoms with Crippen LogP contribution in [0, 0.1) is 0 Å². The van der Waals surface area contributed by atoms with Crippen LogP contribution in [-0.2, 0) is 22.6 Å². The molecule has 0 radical (unpaired) electrons. The lowest BCUT2D eigenvalue weighted by atomic mass is 10.1. The Bertz CT molecular complexity index is 1600. The summed E-state index contributed by atoms with van der Waals surface area (Å²) < 4.78 is 10.8. The van der Waals surface area contributed by atoms with E-state index in [4.69, 9.17) is 9.47 Å². The van der Waals surface area contributed by atoms with Gasteiger partial charge >= 0.3 is 0 Å². The quantitative estimate of drug-likeness (QED) is 0.277. The molecule has 1 fully saturated rings. The zero-order valence-electron chi connectivity index (χ0n) is 21.5. The molecule has 12 nitrogen and oxygen atoms in total. The highest BCUT2D eigenvalue weighted by molar-refractivity contribution is 6.10. The molecular formula is C28H27N7O5. The minimum Gasteiger partial charge on any atom is -0.482 e. The molecule has 4 heterocycles. The molecule has 6 rings (SSSR count). The number of hydrogen-bond donors (Lipinski definition) is 4. The van der Waals surface area contributed by atoms with Crippen molar-refractivity contribution in [1.29, 1.82) is 0 Å². The number of carbonyl (C=O) groups excluding carboxylic acids is 3. The molecule has 3 amide bonds. The molecule has 2 aromatic carbocycles. The highest BCUT2D eigenvalue weighted by atomic mass is 16.5. The first-order chi connectivity index (χ1) is 19.5. The van der Waals surface area contributed by atoms with Gasteiger partial charge in [0.05, 0.1) is 30.0 Å². The molecule has 12 heteroatoms. The van der Waals surface area contributed by atoms with Crippen LogP contribution in [0.1, 0.15) is 32.0 Å². The summed E-state index contributed by atoms with van der Waals surface area (Å²) in [6, 6.07) is 13.4. The second-order valence-corrected chi connectivity index (χ2v) is 9.45. The fourth-order valence-electron chi connectivity index (χ4n) is 4.75. The molecule has 4 N–H and O–H groups in total. The van der Waals surface area contributed by atoms with Crippen molar-refractivity contribution < 1.29 is 23.9 Å². The van der Waals surface area contributed by atoms with E-state index in [1.165, 1.54) is 12.5 Å². The number of morpholine rings is 1. The molecule has 0 bridgehead atoms. The number of carbonyl (C=O) groups is 3. The second kappa shape index (κ2) is 11.0. The highest BCUT2D eigenvalue weighted by Gasteiger charge is 2.21. The number of hydrogen-bond acceptors (Lipinski definition) is 8. The van der Waals surface area contributed by atoms with Crippen molar-refractivity contribution >= 4 is 40.1 Å². The van der Waals surface area contributed by atoms with Crippen LogP contribution in [0.5, 0.6) is 5.75 Å². The van der Waals surface area contributed by atoms with Crippen LogP contribution in [0.25, 0.3) is 11.0 Å². The lowest BCUT2D eigenvalue weighted by Crippen LogP contribution is -2.36. The van der Waals surface area contributed by atoms with Gasteiger partial charge in [-0.05, 0) is 35.4 Å². The largest absolute Gasteiger partial charge is 0.482 e. The van der Waals surface area contributed by atoms with Gasteiger partial charge in [-0.25, -0.2) is 9.97 Å². The first-order valence-corrected chi connectivity index (χ1v) is 12.9. The van der Waals surface area contributed by atoms with Crippen LogP contribution in [0.4, 0.5) is 11.4 Å². The average molecular weight is 542 g/mol. The number of rotatable bonds is 7. The molecule has 204 valence electrons. The van der Waals surface area contributed by atoms with Crippen molar-refractivity contribution in [3.63, 3.8) is 0 Å². The molecule has 0 aliphatic carbocycles. The predicted molar refractivity (Wildman–Crippen MR) is 146 cm³/mol. The molecule has 2 aliphatic heterocycles. The number of benzene rings is 2. The van der Waals surface area contributed by atoms with Crippen LogP contribution in [-0.4, -0.2) is 65.6 Å². The molecule has 2 aromatic heterocycles. The Hall–Kier alpha value is -4.97. The van der Waals surface area contributed by atoms with Crippen LogP contribution in [0.2, 0.25) is 0 Å². The maximum atomic E-state index is 13.1. The van der Waals surface area contributed by atoms with Gasteiger partial charge in [-0.2, -0.15) is 0 Å². The van der Waals surface area contributed by atoms with Gasteiger partial charge in [0, 0.05) is 38.1 Å². The number of aromatic amines is 1. The third kappa shape index (κ3) is 5.29. The van der Waals surface area contributed by atoms with E-state index >= 15 is 0 Å². The first-order valence-electron chi connectivity index (χ1n) is 12.9. The maximum Gasteiger partial charge on any atom is 0.272 e. The van der Waals surface area contributed by atoms with Crippen molar-refractivity contribution in [2.45, 2.75) is 13.1 Å². The number of anilines is 2. The van der Waals surface area contributed by atoms with E-state index in [1.54, 1.807) is 18.2 Å². The zero-order chi connectivity index (χ0) is 27.5. The van der Waals surface area contributed by atoms with Crippen LogP contribution in [0.3, 0.4) is 0 Å². The van der Waals surface area contributed by atoms with E-state index in [1.807, 2.05) is 12.1 Å². The molecule has 0 saturated carbocycles. The number of nitrogens with one attached hydrogen (secondary N) is 4. The van der Waals surface area contributed by atoms with Crippen LogP contribution < -0.4 is 25.6 Å². The molecule has 4 aromatic rings. The van der Waals surface area contributed by atoms with Crippen LogP contribution in [0.15, 0.2) is 55.0 Å². The van der Waals surface area contributed by atoms with Crippen LogP contribution >= 0.6 is 0 Å². The Kier molecular flexibility index (Phi) is 6.98. The fraction of sp³-hybridized carbons (Fsp3) is 0.250.